The normalized spacial score (nSPS) is 22.4. The van der Waals surface area contributed by atoms with Crippen molar-refractivity contribution < 1.29 is 22.7 Å². The highest BCUT2D eigenvalue weighted by molar-refractivity contribution is 7.89. The van der Waals surface area contributed by atoms with Crippen LogP contribution in [0.1, 0.15) is 18.4 Å². The number of fused-ring (bicyclic) bond motifs is 1. The molecule has 2 aromatic rings. The van der Waals surface area contributed by atoms with E-state index in [0.717, 1.165) is 18.4 Å². The molecule has 2 amide bonds. The van der Waals surface area contributed by atoms with E-state index in [0.29, 0.717) is 18.8 Å². The number of hydrogen-bond acceptors (Lipinski definition) is 5. The lowest BCUT2D eigenvalue weighted by Gasteiger charge is -2.19. The Hall–Kier alpha value is -3.17. The van der Waals surface area contributed by atoms with Crippen molar-refractivity contribution in [1.29, 1.82) is 0 Å². The van der Waals surface area contributed by atoms with E-state index in [-0.39, 0.29) is 35.3 Å². The van der Waals surface area contributed by atoms with Crippen LogP contribution < -0.4 is 10.6 Å². The van der Waals surface area contributed by atoms with E-state index in [1.807, 2.05) is 30.3 Å². The second-order valence-electron chi connectivity index (χ2n) is 8.43. The van der Waals surface area contributed by atoms with Crippen LogP contribution >= 0.6 is 0 Å². The van der Waals surface area contributed by atoms with Crippen molar-refractivity contribution in [3.05, 3.63) is 72.8 Å². The number of nitrogens with zero attached hydrogens (tertiary/aromatic N) is 1. The fourth-order valence-corrected chi connectivity index (χ4v) is 6.12. The number of benzene rings is 2. The second kappa shape index (κ2) is 9.76. The van der Waals surface area contributed by atoms with Gasteiger partial charge < -0.3 is 10.1 Å². The molecular weight excluding hydrogens is 442 g/mol. The third kappa shape index (κ3) is 5.43. The molecule has 2 unspecified atom stereocenters. The summed E-state index contributed by atoms with van der Waals surface area (Å²) in [6.07, 6.45) is 2.18. The van der Waals surface area contributed by atoms with Crippen LogP contribution in [0.5, 0.6) is 0 Å². The molecule has 0 bridgehead atoms. The molecule has 1 saturated heterocycles. The average molecular weight is 470 g/mol. The molecule has 33 heavy (non-hydrogen) atoms. The maximum atomic E-state index is 13.1. The van der Waals surface area contributed by atoms with Gasteiger partial charge in [0.1, 0.15) is 6.61 Å². The van der Waals surface area contributed by atoms with Gasteiger partial charge in [-0.1, -0.05) is 36.9 Å². The van der Waals surface area contributed by atoms with Crippen LogP contribution in [0.15, 0.2) is 72.1 Å². The number of sulfonamides is 1. The van der Waals surface area contributed by atoms with E-state index in [9.17, 15) is 18.0 Å². The van der Waals surface area contributed by atoms with Crippen LogP contribution in [0.25, 0.3) is 0 Å². The molecule has 2 aromatic carbocycles. The molecule has 2 aliphatic rings. The van der Waals surface area contributed by atoms with E-state index >= 15 is 0 Å². The smallest absolute Gasteiger partial charge is 0.411 e. The topological polar surface area (TPSA) is 105 Å². The number of rotatable bonds is 7. The summed E-state index contributed by atoms with van der Waals surface area (Å²) in [5.41, 5.74) is 1.32. The Morgan fingerprint density at radius 1 is 1.03 bits per heavy atom. The molecule has 1 aliphatic carbocycles. The number of hydrogen-bond donors (Lipinski definition) is 2. The molecule has 0 aromatic heterocycles. The summed E-state index contributed by atoms with van der Waals surface area (Å²) in [5, 5.41) is 5.52. The zero-order valence-electron chi connectivity index (χ0n) is 18.1. The fourth-order valence-electron chi connectivity index (χ4n) is 4.57. The summed E-state index contributed by atoms with van der Waals surface area (Å²) in [6, 6.07) is 15.5. The van der Waals surface area contributed by atoms with Crippen molar-refractivity contribution in [3.63, 3.8) is 0 Å². The third-order valence-corrected chi connectivity index (χ3v) is 8.05. The average Bonchev–Trinajstić information content (AvgIpc) is 3.38. The van der Waals surface area contributed by atoms with Crippen LogP contribution in [0.3, 0.4) is 0 Å². The maximum Gasteiger partial charge on any atom is 0.411 e. The van der Waals surface area contributed by atoms with Crippen molar-refractivity contribution in [2.45, 2.75) is 30.4 Å². The van der Waals surface area contributed by atoms with Gasteiger partial charge in [0.25, 0.3) is 0 Å². The molecule has 2 atom stereocenters. The van der Waals surface area contributed by atoms with Crippen molar-refractivity contribution in [3.8, 4) is 0 Å². The minimum Gasteiger partial charge on any atom is -0.444 e. The molecule has 1 heterocycles. The lowest BCUT2D eigenvalue weighted by molar-refractivity contribution is -0.117. The van der Waals surface area contributed by atoms with Crippen LogP contribution in [0.4, 0.5) is 10.5 Å². The molecule has 8 nitrogen and oxygen atoms in total. The van der Waals surface area contributed by atoms with Gasteiger partial charge in [0, 0.05) is 24.8 Å². The quantitative estimate of drug-likeness (QED) is 0.606. The third-order valence-electron chi connectivity index (χ3n) is 6.20. The zero-order chi connectivity index (χ0) is 23.4. The van der Waals surface area contributed by atoms with Crippen LogP contribution in [0, 0.1) is 11.8 Å². The lowest BCUT2D eigenvalue weighted by Crippen LogP contribution is -2.35. The summed E-state index contributed by atoms with van der Waals surface area (Å²) in [7, 11) is -3.63. The molecule has 0 spiro atoms. The van der Waals surface area contributed by atoms with Crippen molar-refractivity contribution in [2.75, 3.05) is 18.4 Å². The Bertz CT molecular complexity index is 1100. The Kier molecular flexibility index (Phi) is 6.80. The SMILES string of the molecule is C=CC(=O)NC1CC2CN(S(=O)(=O)c3ccc(NC(=O)OCc4ccccc4)cc3)CC2C1. The molecular formula is C24H27N3O5S. The van der Waals surface area contributed by atoms with Crippen LogP contribution in [-0.2, 0) is 26.2 Å². The number of nitrogens with one attached hydrogen (secondary N) is 2. The highest BCUT2D eigenvalue weighted by Gasteiger charge is 2.45. The van der Waals surface area contributed by atoms with Crippen molar-refractivity contribution in [2.24, 2.45) is 11.8 Å². The predicted octanol–water partition coefficient (Wildman–Crippen LogP) is 3.14. The molecule has 9 heteroatoms. The summed E-state index contributed by atoms with van der Waals surface area (Å²) < 4.78 is 32.9. The van der Waals surface area contributed by atoms with Gasteiger partial charge in [0.2, 0.25) is 15.9 Å². The van der Waals surface area contributed by atoms with Crippen LogP contribution in [-0.4, -0.2) is 43.9 Å². The standard InChI is InChI=1S/C24H27N3O5S/c1-2-23(28)25-21-12-18-14-27(15-19(18)13-21)33(30,31)22-10-8-20(9-11-22)26-24(29)32-16-17-6-4-3-5-7-17/h2-11,18-19,21H,1,12-16H2,(H,25,28)(H,26,29). The molecule has 1 aliphatic heterocycles. The Morgan fingerprint density at radius 3 is 2.27 bits per heavy atom. The van der Waals surface area contributed by atoms with Crippen molar-refractivity contribution in [1.82, 2.24) is 9.62 Å². The molecule has 1 saturated carbocycles. The first-order valence-corrected chi connectivity index (χ1v) is 12.3. The number of anilines is 1. The second-order valence-corrected chi connectivity index (χ2v) is 10.4. The highest BCUT2D eigenvalue weighted by atomic mass is 32.2. The molecule has 174 valence electrons. The van der Waals surface area contributed by atoms with Gasteiger partial charge in [0.05, 0.1) is 4.90 Å². The predicted molar refractivity (Wildman–Crippen MR) is 124 cm³/mol. The number of amides is 2. The number of carbonyl (C=O) groups is 2. The van der Waals surface area contributed by atoms with E-state index < -0.39 is 16.1 Å². The largest absolute Gasteiger partial charge is 0.444 e. The Morgan fingerprint density at radius 2 is 1.67 bits per heavy atom. The van der Waals surface area contributed by atoms with Gasteiger partial charge >= 0.3 is 6.09 Å². The first kappa shape index (κ1) is 23.0. The van der Waals surface area contributed by atoms with Gasteiger partial charge in [-0.05, 0) is 60.6 Å². The highest BCUT2D eigenvalue weighted by Crippen LogP contribution is 2.40. The van der Waals surface area contributed by atoms with E-state index in [2.05, 4.69) is 17.2 Å². The summed E-state index contributed by atoms with van der Waals surface area (Å²) >= 11 is 0. The summed E-state index contributed by atoms with van der Waals surface area (Å²) in [5.74, 6) is 0.271. The van der Waals surface area contributed by atoms with Gasteiger partial charge in [-0.25, -0.2) is 13.2 Å². The summed E-state index contributed by atoms with van der Waals surface area (Å²) in [4.78, 5) is 23.7. The van der Waals surface area contributed by atoms with Crippen LogP contribution in [0.2, 0.25) is 0 Å². The van der Waals surface area contributed by atoms with E-state index in [1.165, 1.54) is 22.5 Å². The van der Waals surface area contributed by atoms with Gasteiger partial charge in [-0.2, -0.15) is 4.31 Å². The van der Waals surface area contributed by atoms with E-state index in [4.69, 9.17) is 4.74 Å². The van der Waals surface area contributed by atoms with Gasteiger partial charge in [0.15, 0.2) is 0 Å². The lowest BCUT2D eigenvalue weighted by atomic mass is 10.0. The molecule has 2 N–H and O–H groups in total. The minimum atomic E-state index is -3.63. The monoisotopic (exact) mass is 469 g/mol. The van der Waals surface area contributed by atoms with Gasteiger partial charge in [-0.3, -0.25) is 10.1 Å². The Labute approximate surface area is 193 Å². The maximum absolute atomic E-state index is 13.1. The minimum absolute atomic E-state index is 0.0716. The Balaban J connectivity index is 1.31. The first-order chi connectivity index (χ1) is 15.8. The van der Waals surface area contributed by atoms with E-state index in [1.54, 1.807) is 12.1 Å². The first-order valence-electron chi connectivity index (χ1n) is 10.9. The number of carbonyl (C=O) groups excluding carboxylic acids is 2. The fraction of sp³-hybridized carbons (Fsp3) is 0.333. The molecule has 0 radical (unpaired) electrons. The number of ether oxygens (including phenoxy) is 1. The zero-order valence-corrected chi connectivity index (χ0v) is 19.0. The van der Waals surface area contributed by atoms with Gasteiger partial charge in [-0.15, -0.1) is 0 Å². The van der Waals surface area contributed by atoms with Crippen molar-refractivity contribution >= 4 is 27.7 Å². The molecule has 4 rings (SSSR count). The summed E-state index contributed by atoms with van der Waals surface area (Å²) in [6.45, 7) is 4.50. The molecule has 2 fully saturated rings.